The average Bonchev–Trinajstić information content (AvgIpc) is 2.76. The van der Waals surface area contributed by atoms with E-state index in [0.717, 1.165) is 25.3 Å². The Morgan fingerprint density at radius 1 is 0.963 bits per heavy atom. The fourth-order valence-corrected chi connectivity index (χ4v) is 3.47. The van der Waals surface area contributed by atoms with Gasteiger partial charge in [-0.15, -0.1) is 0 Å². The van der Waals surface area contributed by atoms with E-state index in [1.54, 1.807) is 0 Å². The molecule has 1 unspecified atom stereocenters. The highest BCUT2D eigenvalue weighted by atomic mass is 19.4. The molecule has 2 aliphatic heterocycles. The minimum atomic E-state index is -5.10. The number of nitrogens with one attached hydrogen (secondary N) is 1. The lowest BCUT2D eigenvalue weighted by atomic mass is 10.0. The van der Waals surface area contributed by atoms with Crippen LogP contribution in [0.2, 0.25) is 0 Å². The van der Waals surface area contributed by atoms with Gasteiger partial charge in [-0.05, 0) is 30.7 Å². The van der Waals surface area contributed by atoms with Crippen molar-refractivity contribution >= 4 is 22.5 Å². The van der Waals surface area contributed by atoms with E-state index in [4.69, 9.17) is 0 Å². The van der Waals surface area contributed by atoms with E-state index in [1.165, 1.54) is 0 Å². The Morgan fingerprint density at radius 2 is 1.59 bits per heavy atom. The second-order valence-corrected chi connectivity index (χ2v) is 6.14. The molecule has 0 fully saturated rings. The van der Waals surface area contributed by atoms with Crippen LogP contribution in [0.1, 0.15) is 6.92 Å². The first kappa shape index (κ1) is 19.4. The molecular weight excluding hydrogens is 391 g/mol. The Morgan fingerprint density at radius 3 is 2.11 bits per heavy atom. The number of fused-ring (bicyclic) bond motifs is 3. The third-order valence-corrected chi connectivity index (χ3v) is 4.33. The van der Waals surface area contributed by atoms with E-state index in [0.29, 0.717) is 6.08 Å². The summed E-state index contributed by atoms with van der Waals surface area (Å²) in [6.45, 7) is -1.04. The number of halogens is 9. The predicted octanol–water partition coefficient (Wildman–Crippen LogP) is 3.82. The molecule has 2 nitrogen and oxygen atoms in total. The molecule has 0 saturated heterocycles. The molecule has 2 aliphatic rings. The largest absolute Gasteiger partial charge is 0.417 e. The smallest absolute Gasteiger partial charge is 0.361 e. The number of rotatable bonds is 1. The molecule has 2 heterocycles. The van der Waals surface area contributed by atoms with Crippen molar-refractivity contribution in [2.45, 2.75) is 31.5 Å². The number of nitrogens with zero attached hydrogens (tertiary/aromatic N) is 1. The van der Waals surface area contributed by atoms with Crippen molar-refractivity contribution < 1.29 is 39.5 Å². The zero-order valence-corrected chi connectivity index (χ0v) is 13.4. The fraction of sp³-hybridized carbons (Fsp3) is 0.375. The quantitative estimate of drug-likeness (QED) is 0.719. The van der Waals surface area contributed by atoms with Crippen molar-refractivity contribution in [3.63, 3.8) is 0 Å². The topological polar surface area (TPSA) is 15.3 Å². The average molecular weight is 402 g/mol. The second kappa shape index (κ2) is 5.83. The summed E-state index contributed by atoms with van der Waals surface area (Å²) in [7, 11) is 0. The van der Waals surface area contributed by atoms with Gasteiger partial charge in [-0.3, -0.25) is 0 Å². The van der Waals surface area contributed by atoms with Crippen LogP contribution in [0.25, 0.3) is 11.1 Å². The summed E-state index contributed by atoms with van der Waals surface area (Å²) in [5.74, 6) is 0. The molecule has 0 amide bonds. The Labute approximate surface area is 146 Å². The molecule has 1 N–H and O–H groups in total. The third-order valence-electron chi connectivity index (χ3n) is 4.33. The molecule has 148 valence electrons. The summed E-state index contributed by atoms with van der Waals surface area (Å²) in [4.78, 5) is 0.0528. The van der Waals surface area contributed by atoms with E-state index in [-0.39, 0.29) is 10.6 Å². The number of hydrogen-bond donors (Lipinski definition) is 1. The summed E-state index contributed by atoms with van der Waals surface area (Å²) in [6.07, 6.45) is -13.4. The first-order valence-corrected chi connectivity index (χ1v) is 7.50. The Kier molecular flexibility index (Phi) is 4.20. The van der Waals surface area contributed by atoms with Crippen LogP contribution in [0.4, 0.5) is 50.9 Å². The van der Waals surface area contributed by atoms with E-state index >= 15 is 0 Å². The number of alkyl halides is 9. The molecule has 11 heteroatoms. The number of hydrogen-bond acceptors (Lipinski definition) is 2. The van der Waals surface area contributed by atoms with Gasteiger partial charge >= 0.3 is 18.5 Å². The second-order valence-electron chi connectivity index (χ2n) is 6.14. The van der Waals surface area contributed by atoms with E-state index in [1.807, 2.05) is 0 Å². The molecule has 3 rings (SSSR count). The van der Waals surface area contributed by atoms with Crippen LogP contribution in [0.3, 0.4) is 0 Å². The third kappa shape index (κ3) is 3.34. The zero-order chi connectivity index (χ0) is 20.4. The fourth-order valence-electron chi connectivity index (χ4n) is 3.47. The van der Waals surface area contributed by atoms with Gasteiger partial charge in [0.1, 0.15) is 12.6 Å². The van der Waals surface area contributed by atoms with E-state index < -0.39 is 58.4 Å². The standard InChI is InChI=1S/C16H11F9N2/c1-7-11-10(27(6-14(17,18)19)13(7)16(23,24)25)3-2-9-12(11)8(4-5-26-9)15(20,21)22/h2-5,13,26H,6H2,1H3. The van der Waals surface area contributed by atoms with Gasteiger partial charge in [0.25, 0.3) is 0 Å². The van der Waals surface area contributed by atoms with Gasteiger partial charge in [0, 0.05) is 28.0 Å². The Bertz CT molecular complexity index is 919. The molecule has 1 aromatic carbocycles. The van der Waals surface area contributed by atoms with Crippen LogP contribution in [-0.2, 0) is 0 Å². The predicted molar refractivity (Wildman–Crippen MR) is 80.2 cm³/mol. The molecule has 0 spiro atoms. The van der Waals surface area contributed by atoms with Crippen LogP contribution in [-0.4, -0.2) is 31.1 Å². The molecule has 0 aliphatic carbocycles. The van der Waals surface area contributed by atoms with Gasteiger partial charge in [0.2, 0.25) is 0 Å². The van der Waals surface area contributed by atoms with Crippen LogP contribution >= 0.6 is 0 Å². The van der Waals surface area contributed by atoms with Crippen molar-refractivity contribution in [3.8, 4) is 0 Å². The lowest BCUT2D eigenvalue weighted by Gasteiger charge is -2.31. The van der Waals surface area contributed by atoms with E-state index in [2.05, 4.69) is 5.32 Å². The van der Waals surface area contributed by atoms with Crippen molar-refractivity contribution in [2.24, 2.45) is 0 Å². The van der Waals surface area contributed by atoms with Crippen LogP contribution in [0.5, 0.6) is 0 Å². The molecule has 0 saturated carbocycles. The first-order valence-electron chi connectivity index (χ1n) is 7.50. The molecule has 1 aromatic rings. The van der Waals surface area contributed by atoms with E-state index in [9.17, 15) is 39.5 Å². The molecule has 0 aromatic heterocycles. The van der Waals surface area contributed by atoms with Gasteiger partial charge in [-0.2, -0.15) is 39.5 Å². The number of benzene rings is 1. The highest BCUT2D eigenvalue weighted by Crippen LogP contribution is 2.39. The SMILES string of the molecule is CC1=c2c(ccc3c2=C(C(F)(F)F)C=CN3)N(CC(F)(F)F)C1C(F)(F)F. The van der Waals surface area contributed by atoms with Crippen molar-refractivity contribution in [3.05, 3.63) is 34.8 Å². The summed E-state index contributed by atoms with van der Waals surface area (Å²) in [5, 5.41) is 1.43. The minimum absolute atomic E-state index is 0.0528. The number of anilines is 2. The molecule has 1 atom stereocenters. The lowest BCUT2D eigenvalue weighted by molar-refractivity contribution is -0.148. The highest BCUT2D eigenvalue weighted by Gasteiger charge is 2.51. The summed E-state index contributed by atoms with van der Waals surface area (Å²) in [5.41, 5.74) is -2.50. The summed E-state index contributed by atoms with van der Waals surface area (Å²) in [6, 6.07) is -0.658. The van der Waals surface area contributed by atoms with Crippen molar-refractivity contribution in [1.82, 2.24) is 0 Å². The van der Waals surface area contributed by atoms with Gasteiger partial charge in [-0.25, -0.2) is 0 Å². The maximum Gasteiger partial charge on any atom is 0.417 e. The lowest BCUT2D eigenvalue weighted by Crippen LogP contribution is -2.47. The van der Waals surface area contributed by atoms with Crippen LogP contribution < -0.4 is 20.7 Å². The maximum atomic E-state index is 13.5. The van der Waals surface area contributed by atoms with Gasteiger partial charge in [0.05, 0.1) is 5.57 Å². The van der Waals surface area contributed by atoms with Crippen LogP contribution in [0.15, 0.2) is 24.4 Å². The zero-order valence-electron chi connectivity index (χ0n) is 13.4. The van der Waals surface area contributed by atoms with Crippen LogP contribution in [0, 0.1) is 0 Å². The van der Waals surface area contributed by atoms with Gasteiger partial charge < -0.3 is 10.2 Å². The Balaban J connectivity index is 2.42. The summed E-state index contributed by atoms with van der Waals surface area (Å²) >= 11 is 0. The molecule has 0 bridgehead atoms. The number of allylic oxidation sites excluding steroid dienone is 1. The van der Waals surface area contributed by atoms with Crippen molar-refractivity contribution in [2.75, 3.05) is 16.8 Å². The van der Waals surface area contributed by atoms with Crippen molar-refractivity contribution in [1.29, 1.82) is 0 Å². The summed E-state index contributed by atoms with van der Waals surface area (Å²) < 4.78 is 119. The molecule has 0 radical (unpaired) electrons. The molecular formula is C16H11F9N2. The molecule has 27 heavy (non-hydrogen) atoms. The van der Waals surface area contributed by atoms with Gasteiger partial charge in [0.15, 0.2) is 0 Å². The highest BCUT2D eigenvalue weighted by molar-refractivity contribution is 5.80. The Hall–Kier alpha value is -2.33. The normalized spacial score (nSPS) is 19.9. The maximum absolute atomic E-state index is 13.5. The monoisotopic (exact) mass is 402 g/mol. The van der Waals surface area contributed by atoms with Gasteiger partial charge in [-0.1, -0.05) is 0 Å². The first-order chi connectivity index (χ1) is 12.2. The minimum Gasteiger partial charge on any atom is -0.361 e.